The second-order valence-electron chi connectivity index (χ2n) is 0.749. The normalized spacial score (nSPS) is 9.75. The van der Waals surface area contributed by atoms with E-state index in [4.69, 9.17) is 9.96 Å². The summed E-state index contributed by atoms with van der Waals surface area (Å²) in [5, 5.41) is 3.41. The van der Waals surface area contributed by atoms with Gasteiger partial charge in [0.15, 0.2) is 0 Å². The van der Waals surface area contributed by atoms with Crippen LogP contribution in [0.3, 0.4) is 0 Å². The number of rotatable bonds is 0. The molecule has 44 valence electrons. The van der Waals surface area contributed by atoms with Crippen molar-refractivity contribution in [2.75, 3.05) is 0 Å². The van der Waals surface area contributed by atoms with E-state index in [1.807, 2.05) is 0 Å². The summed E-state index contributed by atoms with van der Waals surface area (Å²) in [6, 6.07) is 0. The molecule has 0 aromatic heterocycles. The molecule has 0 aromatic rings. The number of nitrogens with one attached hydrogen (secondary N) is 1. The van der Waals surface area contributed by atoms with Gasteiger partial charge in [-0.15, -0.1) is 0 Å². The average molecular weight is 135 g/mol. The number of hydrogen-bond acceptors (Lipinski definition) is 3. The molecule has 7 heteroatoms. The molecule has 0 rings (SSSR count). The fourth-order valence-corrected chi connectivity index (χ4v) is 0. The summed E-state index contributed by atoms with van der Waals surface area (Å²) < 4.78 is 37.0. The molecule has 0 atom stereocenters. The van der Waals surface area contributed by atoms with Crippen LogP contribution in [0.25, 0.3) is 0 Å². The molecule has 0 bridgehead atoms. The van der Waals surface area contributed by atoms with Crippen LogP contribution in [0.2, 0.25) is 0 Å². The van der Waals surface area contributed by atoms with Crippen molar-refractivity contribution in [1.29, 1.82) is 5.41 Å². The van der Waals surface area contributed by atoms with E-state index in [9.17, 15) is 12.8 Å². The first-order valence-corrected chi connectivity index (χ1v) is 2.60. The molecule has 0 saturated heterocycles. The van der Waals surface area contributed by atoms with Crippen LogP contribution in [0.5, 0.6) is 0 Å². The Morgan fingerprint density at radius 2 is 1.75 bits per heavy atom. The summed E-state index contributed by atoms with van der Waals surface area (Å²) in [6.45, 7) is 0. The Kier molecular flexibility index (Phi) is 4.39. The van der Waals surface area contributed by atoms with E-state index in [2.05, 4.69) is 0 Å². The van der Waals surface area contributed by atoms with Gasteiger partial charge < -0.3 is 0 Å². The minimum atomic E-state index is -4.82. The van der Waals surface area contributed by atoms with Gasteiger partial charge in [0.2, 0.25) is 0 Å². The van der Waals surface area contributed by atoms with E-state index in [0.717, 1.165) is 0 Å². The molecule has 0 aromatic carbocycles. The molecular formula is CH3FLiNO3S. The zero-order chi connectivity index (χ0) is 6.08. The van der Waals surface area contributed by atoms with Crippen molar-refractivity contribution in [2.45, 2.75) is 0 Å². The van der Waals surface area contributed by atoms with Crippen molar-refractivity contribution in [3.05, 3.63) is 0 Å². The topological polar surface area (TPSA) is 78.2 Å². The average Bonchev–Trinajstić information content (AvgIpc) is 1.31. The van der Waals surface area contributed by atoms with Crippen molar-refractivity contribution in [3.8, 4) is 0 Å². The molecule has 2 N–H and O–H groups in total. The summed E-state index contributed by atoms with van der Waals surface area (Å²) in [5.41, 5.74) is 0. The first-order valence-electron chi connectivity index (χ1n) is 1.16. The first kappa shape index (κ1) is 11.0. The zero-order valence-corrected chi connectivity index (χ0v) is 3.87. The third-order valence-electron chi connectivity index (χ3n) is 0.226. The van der Waals surface area contributed by atoms with Gasteiger partial charge in [-0.1, -0.05) is 0 Å². The van der Waals surface area contributed by atoms with Gasteiger partial charge in [0.25, 0.3) is 0 Å². The predicted molar refractivity (Wildman–Crippen MR) is 27.5 cm³/mol. The van der Waals surface area contributed by atoms with E-state index in [0.29, 0.717) is 0 Å². The third kappa shape index (κ3) is 4.27. The van der Waals surface area contributed by atoms with Gasteiger partial charge in [-0.3, -0.25) is 9.96 Å². The molecule has 0 aliphatic carbocycles. The van der Waals surface area contributed by atoms with E-state index in [1.54, 1.807) is 0 Å². The Balaban J connectivity index is 0. The Bertz CT molecular complexity index is 174. The molecule has 4 nitrogen and oxygen atoms in total. The quantitative estimate of drug-likeness (QED) is 0.196. The molecule has 0 saturated carbocycles. The van der Waals surface area contributed by atoms with Gasteiger partial charge in [-0.2, -0.15) is 12.8 Å². The maximum absolute atomic E-state index is 11.0. The number of hydrogen-bond donors (Lipinski definition) is 2. The summed E-state index contributed by atoms with van der Waals surface area (Å²) in [7, 11) is -4.82. The predicted octanol–water partition coefficient (Wildman–Crippen LogP) is -0.870. The SMILES string of the molecule is N=C(F)S(=O)(=O)O.[LiH]. The van der Waals surface area contributed by atoms with Crippen LogP contribution in [-0.2, 0) is 10.1 Å². The van der Waals surface area contributed by atoms with E-state index in [-0.39, 0.29) is 18.9 Å². The van der Waals surface area contributed by atoms with Gasteiger partial charge >= 0.3 is 34.3 Å². The molecular weight excluding hydrogens is 132 g/mol. The van der Waals surface area contributed by atoms with Crippen LogP contribution in [-0.4, -0.2) is 37.1 Å². The molecule has 8 heavy (non-hydrogen) atoms. The van der Waals surface area contributed by atoms with Gasteiger partial charge in [-0.25, -0.2) is 0 Å². The number of halogens is 1. The van der Waals surface area contributed by atoms with Gasteiger partial charge in [0.1, 0.15) is 0 Å². The summed E-state index contributed by atoms with van der Waals surface area (Å²) in [4.78, 5) is 0. The monoisotopic (exact) mass is 135 g/mol. The van der Waals surface area contributed by atoms with Crippen LogP contribution in [0.4, 0.5) is 4.39 Å². The Labute approximate surface area is 57.5 Å². The molecule has 0 amide bonds. The van der Waals surface area contributed by atoms with Crippen molar-refractivity contribution in [3.63, 3.8) is 0 Å². The Hall–Kier alpha value is 0.107. The molecule has 0 spiro atoms. The zero-order valence-electron chi connectivity index (χ0n) is 3.05. The Morgan fingerprint density at radius 1 is 1.62 bits per heavy atom. The van der Waals surface area contributed by atoms with Crippen LogP contribution in [0.1, 0.15) is 0 Å². The summed E-state index contributed by atoms with van der Waals surface area (Å²) in [6.07, 6.45) is 0. The molecule has 0 aliphatic rings. The van der Waals surface area contributed by atoms with E-state index in [1.165, 1.54) is 0 Å². The molecule has 0 radical (unpaired) electrons. The van der Waals surface area contributed by atoms with Crippen molar-refractivity contribution < 1.29 is 17.4 Å². The fraction of sp³-hybridized carbons (Fsp3) is 0. The Morgan fingerprint density at radius 3 is 1.75 bits per heavy atom. The van der Waals surface area contributed by atoms with Gasteiger partial charge in [0, 0.05) is 0 Å². The van der Waals surface area contributed by atoms with Crippen LogP contribution in [0, 0.1) is 5.41 Å². The van der Waals surface area contributed by atoms with Gasteiger partial charge in [0.05, 0.1) is 0 Å². The summed E-state index contributed by atoms with van der Waals surface area (Å²) in [5.74, 6) is 0. The van der Waals surface area contributed by atoms with Crippen molar-refractivity contribution >= 4 is 34.3 Å². The second kappa shape index (κ2) is 3.20. The molecule has 0 aliphatic heterocycles. The van der Waals surface area contributed by atoms with Crippen LogP contribution >= 0.6 is 0 Å². The third-order valence-corrected chi connectivity index (χ3v) is 0.679. The summed E-state index contributed by atoms with van der Waals surface area (Å²) >= 11 is 0. The van der Waals surface area contributed by atoms with Gasteiger partial charge in [-0.05, 0) is 0 Å². The van der Waals surface area contributed by atoms with Crippen LogP contribution < -0.4 is 0 Å². The maximum atomic E-state index is 11.0. The minimum absolute atomic E-state index is 0. The second-order valence-corrected chi connectivity index (χ2v) is 2.06. The van der Waals surface area contributed by atoms with Crippen molar-refractivity contribution in [1.82, 2.24) is 0 Å². The fourth-order valence-electron chi connectivity index (χ4n) is 0. The first-order chi connectivity index (χ1) is 2.94. The van der Waals surface area contributed by atoms with Crippen LogP contribution in [0.15, 0.2) is 0 Å². The van der Waals surface area contributed by atoms with E-state index >= 15 is 0 Å². The molecule has 0 unspecified atom stereocenters. The molecule has 0 fully saturated rings. The molecule has 0 heterocycles. The van der Waals surface area contributed by atoms with Crippen molar-refractivity contribution in [2.24, 2.45) is 0 Å². The standard InChI is InChI=1S/CH2FNO3S.Li.H/c2-1(3)7(4,5)6;;/h3H,(H,4,5,6);;. The van der Waals surface area contributed by atoms with E-state index < -0.39 is 15.4 Å².